The molecule has 1 fully saturated rings. The molecule has 1 N–H and O–H groups in total. The van der Waals surface area contributed by atoms with E-state index in [9.17, 15) is 28.0 Å². The van der Waals surface area contributed by atoms with Crippen LogP contribution in [0.4, 0.5) is 24.8 Å². The number of fused-ring (bicyclic) bond motifs is 1. The summed E-state index contributed by atoms with van der Waals surface area (Å²) in [5.41, 5.74) is 0.542. The van der Waals surface area contributed by atoms with Gasteiger partial charge in [0.1, 0.15) is 12.6 Å². The lowest BCUT2D eigenvalue weighted by molar-refractivity contribution is -0.907. The molecule has 0 radical (unpaired) electrons. The number of hydrogen-bond donors (Lipinski definition) is 1. The van der Waals surface area contributed by atoms with Crippen molar-refractivity contribution in [1.82, 2.24) is 14.8 Å². The molecule has 2 aliphatic heterocycles. The number of benzene rings is 2. The van der Waals surface area contributed by atoms with Gasteiger partial charge in [0.2, 0.25) is 5.95 Å². The number of alkyl halides is 3. The van der Waals surface area contributed by atoms with E-state index in [0.29, 0.717) is 41.3 Å². The van der Waals surface area contributed by atoms with Gasteiger partial charge in [0.05, 0.1) is 50.5 Å². The number of anilines is 2. The molecule has 1 saturated heterocycles. The van der Waals surface area contributed by atoms with Gasteiger partial charge in [0, 0.05) is 36.1 Å². The minimum absolute atomic E-state index is 0.00995. The lowest BCUT2D eigenvalue weighted by atomic mass is 9.89. The Morgan fingerprint density at radius 3 is 2.59 bits per heavy atom. The van der Waals surface area contributed by atoms with Crippen molar-refractivity contribution in [3.8, 4) is 6.07 Å². The molecule has 10 nitrogen and oxygen atoms in total. The van der Waals surface area contributed by atoms with E-state index in [1.54, 1.807) is 25.1 Å². The molecule has 5 rings (SSSR count). The quantitative estimate of drug-likeness (QED) is 0.306. The average molecular weight is 612 g/mol. The highest BCUT2D eigenvalue weighted by atomic mass is 19.4. The Labute approximate surface area is 252 Å². The Morgan fingerprint density at radius 1 is 1.20 bits per heavy atom. The zero-order chi connectivity index (χ0) is 31.8. The maximum absolute atomic E-state index is 13.7. The minimum Gasteiger partial charge on any atom is -0.466 e. The summed E-state index contributed by atoms with van der Waals surface area (Å²) < 4.78 is 53.5. The third-order valence-corrected chi connectivity index (χ3v) is 8.24. The molecule has 0 unspecified atom stereocenters. The normalized spacial score (nSPS) is 17.8. The number of hydrogen-bond acceptors (Lipinski definition) is 7. The molecule has 0 bridgehead atoms. The van der Waals surface area contributed by atoms with Crippen LogP contribution >= 0.6 is 0 Å². The summed E-state index contributed by atoms with van der Waals surface area (Å²) in [4.78, 5) is 28.2. The third-order valence-electron chi connectivity index (χ3n) is 8.24. The van der Waals surface area contributed by atoms with Crippen molar-refractivity contribution in [2.24, 2.45) is 5.92 Å². The van der Waals surface area contributed by atoms with Crippen LogP contribution in [0.15, 0.2) is 58.5 Å². The summed E-state index contributed by atoms with van der Waals surface area (Å²) in [7, 11) is 5.38. The molecule has 1 aromatic heterocycles. The highest BCUT2D eigenvalue weighted by molar-refractivity contribution is 5.93. The van der Waals surface area contributed by atoms with Crippen LogP contribution in [-0.4, -0.2) is 66.2 Å². The molecule has 13 heteroatoms. The number of H-pyrrole nitrogens is 1. The van der Waals surface area contributed by atoms with Crippen molar-refractivity contribution in [3.05, 3.63) is 86.5 Å². The lowest BCUT2D eigenvalue weighted by Crippen LogP contribution is -2.44. The van der Waals surface area contributed by atoms with Crippen LogP contribution in [0, 0.1) is 17.2 Å². The molecule has 0 saturated carbocycles. The highest BCUT2D eigenvalue weighted by Crippen LogP contribution is 2.44. The van der Waals surface area contributed by atoms with Gasteiger partial charge in [-0.15, -0.1) is 5.10 Å². The van der Waals surface area contributed by atoms with Gasteiger partial charge in [-0.25, -0.2) is 19.3 Å². The molecule has 3 aromatic rings. The molecular formula is C31H34F3N6O4+. The van der Waals surface area contributed by atoms with E-state index < -0.39 is 29.4 Å². The monoisotopic (exact) mass is 611 g/mol. The SMILES string of the molecule is COC(=O)C1=C(C)N(c2cccc(C(F)(F)F)c2)c2n[nH]c(=O)n2[C@@H]1c1ccc(C#N)cc1C[N+](C)(C)CC1CCOCC1. The summed E-state index contributed by atoms with van der Waals surface area (Å²) in [5, 5.41) is 16.3. The van der Waals surface area contributed by atoms with Crippen LogP contribution in [0.1, 0.15) is 48.1 Å². The van der Waals surface area contributed by atoms with Gasteiger partial charge in [0.15, 0.2) is 0 Å². The van der Waals surface area contributed by atoms with Crippen molar-refractivity contribution in [1.29, 1.82) is 5.26 Å². The molecular weight excluding hydrogens is 577 g/mol. The number of halogens is 3. The molecule has 0 amide bonds. The molecule has 232 valence electrons. The fourth-order valence-corrected chi connectivity index (χ4v) is 6.31. The number of aromatic amines is 1. The highest BCUT2D eigenvalue weighted by Gasteiger charge is 2.41. The van der Waals surface area contributed by atoms with E-state index in [2.05, 4.69) is 30.4 Å². The Hall–Kier alpha value is -4.41. The van der Waals surface area contributed by atoms with Gasteiger partial charge in [-0.1, -0.05) is 12.1 Å². The van der Waals surface area contributed by atoms with Crippen molar-refractivity contribution < 1.29 is 31.9 Å². The first-order valence-electron chi connectivity index (χ1n) is 14.2. The third kappa shape index (κ3) is 6.00. The van der Waals surface area contributed by atoms with E-state index >= 15 is 0 Å². The van der Waals surface area contributed by atoms with Gasteiger partial charge in [-0.3, -0.25) is 4.90 Å². The second kappa shape index (κ2) is 11.9. The average Bonchev–Trinajstić information content (AvgIpc) is 3.36. The van der Waals surface area contributed by atoms with Gasteiger partial charge in [-0.05, 0) is 55.7 Å². The second-order valence-corrected chi connectivity index (χ2v) is 11.8. The summed E-state index contributed by atoms with van der Waals surface area (Å²) in [5.74, 6) is -0.293. The smallest absolute Gasteiger partial charge is 0.416 e. The van der Waals surface area contributed by atoms with Gasteiger partial charge in [0.25, 0.3) is 0 Å². The summed E-state index contributed by atoms with van der Waals surface area (Å²) in [6, 6.07) is 10.8. The molecule has 0 aliphatic carbocycles. The second-order valence-electron chi connectivity index (χ2n) is 11.8. The fraction of sp³-hybridized carbons (Fsp3) is 0.419. The van der Waals surface area contributed by atoms with Crippen LogP contribution in [0.25, 0.3) is 0 Å². The van der Waals surface area contributed by atoms with Crippen molar-refractivity contribution in [2.75, 3.05) is 45.9 Å². The maximum atomic E-state index is 13.7. The fourth-order valence-electron chi connectivity index (χ4n) is 6.31. The van der Waals surface area contributed by atoms with Gasteiger partial charge in [-0.2, -0.15) is 18.4 Å². The Morgan fingerprint density at radius 2 is 1.93 bits per heavy atom. The molecule has 2 aliphatic rings. The molecule has 2 aromatic carbocycles. The number of ether oxygens (including phenoxy) is 2. The Balaban J connectivity index is 1.68. The van der Waals surface area contributed by atoms with Crippen molar-refractivity contribution in [2.45, 2.75) is 38.5 Å². The summed E-state index contributed by atoms with van der Waals surface area (Å²) in [6.07, 6.45) is -2.72. The zero-order valence-electron chi connectivity index (χ0n) is 24.9. The lowest BCUT2D eigenvalue weighted by Gasteiger charge is -2.38. The van der Waals surface area contributed by atoms with Crippen LogP contribution in [-0.2, 0) is 27.0 Å². The predicted molar refractivity (Wildman–Crippen MR) is 155 cm³/mol. The zero-order valence-corrected chi connectivity index (χ0v) is 24.9. The standard InChI is InChI=1S/C31H33F3N6O4/c1-19-26(28(41)43-4)27(39-29(36-37-30(39)42)38(19)24-7-5-6-23(15-24)31(32,33)34)25-9-8-21(16-35)14-22(25)18-40(2,3)17-20-10-12-44-13-11-20/h5-9,14-15,20,27H,10-13,17-18H2,1-4H3/p+1/t27-/m1/s1. The van der Waals surface area contributed by atoms with Crippen molar-refractivity contribution >= 4 is 17.6 Å². The number of nitriles is 1. The number of nitrogens with zero attached hydrogens (tertiary/aromatic N) is 5. The predicted octanol–water partition coefficient (Wildman–Crippen LogP) is 4.65. The van der Waals surface area contributed by atoms with Crippen molar-refractivity contribution in [3.63, 3.8) is 0 Å². The van der Waals surface area contributed by atoms with Crippen LogP contribution in [0.2, 0.25) is 0 Å². The van der Waals surface area contributed by atoms with Gasteiger partial charge >= 0.3 is 17.8 Å². The molecule has 3 heterocycles. The number of rotatable bonds is 7. The topological polar surface area (TPSA) is 113 Å². The molecule has 44 heavy (non-hydrogen) atoms. The first-order chi connectivity index (χ1) is 20.8. The van der Waals surface area contributed by atoms with Crippen LogP contribution in [0.5, 0.6) is 0 Å². The maximum Gasteiger partial charge on any atom is 0.416 e. The minimum atomic E-state index is -4.62. The number of aromatic nitrogens is 3. The Kier molecular flexibility index (Phi) is 8.42. The summed E-state index contributed by atoms with van der Waals surface area (Å²) >= 11 is 0. The Bertz CT molecular complexity index is 1690. The van der Waals surface area contributed by atoms with Gasteiger partial charge < -0.3 is 14.0 Å². The van der Waals surface area contributed by atoms with E-state index in [4.69, 9.17) is 9.47 Å². The number of allylic oxidation sites excluding steroid dienone is 1. The van der Waals surface area contributed by atoms with E-state index in [1.807, 2.05) is 0 Å². The molecule has 0 spiro atoms. The number of esters is 1. The number of methoxy groups -OCH3 is 1. The van der Waals surface area contributed by atoms with E-state index in [0.717, 1.165) is 37.1 Å². The number of nitrogens with one attached hydrogen (secondary N) is 1. The number of quaternary nitrogens is 1. The first kappa shape index (κ1) is 31.0. The summed E-state index contributed by atoms with van der Waals surface area (Å²) in [6.45, 7) is 4.33. The van der Waals surface area contributed by atoms with E-state index in [1.165, 1.54) is 28.7 Å². The van der Waals surface area contributed by atoms with E-state index in [-0.39, 0.29) is 22.9 Å². The van der Waals surface area contributed by atoms with Crippen LogP contribution < -0.4 is 10.6 Å². The van der Waals surface area contributed by atoms with Crippen LogP contribution in [0.3, 0.4) is 0 Å². The number of carbonyl (C=O) groups is 1. The largest absolute Gasteiger partial charge is 0.466 e. The molecule has 1 atom stereocenters. The number of carbonyl (C=O) groups excluding carboxylic acids is 1. The first-order valence-corrected chi connectivity index (χ1v) is 14.2.